The Labute approximate surface area is 311 Å². The number of allylic oxidation sites excluding steroid dienone is 1. The molecule has 0 fully saturated rings. The van der Waals surface area contributed by atoms with Gasteiger partial charge in [-0.2, -0.15) is 0 Å². The first-order valence-electron chi connectivity index (χ1n) is 18.3. The summed E-state index contributed by atoms with van der Waals surface area (Å²) in [5.41, 5.74) is 8.82. The highest BCUT2D eigenvalue weighted by molar-refractivity contribution is 6.05. The molecule has 254 valence electrons. The summed E-state index contributed by atoms with van der Waals surface area (Å²) in [6.07, 6.45) is 6.34. The van der Waals surface area contributed by atoms with E-state index < -0.39 is 0 Å². The number of hydrogen-bond donors (Lipinski definition) is 0. The van der Waals surface area contributed by atoms with Crippen LogP contribution >= 0.6 is 0 Å². The van der Waals surface area contributed by atoms with Crippen molar-refractivity contribution in [3.63, 3.8) is 0 Å². The van der Waals surface area contributed by atoms with Gasteiger partial charge in [0.1, 0.15) is 0 Å². The minimum absolute atomic E-state index is 0.536. The minimum atomic E-state index is 0.536. The monoisotopic (exact) mass is 693 g/mol. The van der Waals surface area contributed by atoms with Gasteiger partial charge in [0, 0.05) is 22.1 Å². The Bertz CT molecular complexity index is 2900. The third-order valence-electron chi connectivity index (χ3n) is 10.5. The van der Waals surface area contributed by atoms with E-state index in [2.05, 4.69) is 157 Å². The van der Waals surface area contributed by atoms with Crippen LogP contribution < -0.4 is 9.64 Å². The molecular weight excluding hydrogens is 663 g/mol. The molecule has 0 atom stereocenters. The van der Waals surface area contributed by atoms with E-state index in [1.165, 1.54) is 0 Å². The molecule has 0 N–H and O–H groups in total. The highest BCUT2D eigenvalue weighted by atomic mass is 16.5. The normalized spacial score (nSPS) is 13.1. The van der Waals surface area contributed by atoms with E-state index in [1.807, 2.05) is 12.1 Å². The summed E-state index contributed by atoms with van der Waals surface area (Å²) >= 11 is 0. The molecule has 0 saturated heterocycles. The van der Waals surface area contributed by atoms with Crippen LogP contribution in [-0.2, 0) is 6.42 Å². The maximum Gasteiger partial charge on any atom is 0.167 e. The molecule has 0 unspecified atom stereocenters. The summed E-state index contributed by atoms with van der Waals surface area (Å²) < 4.78 is 6.93. The van der Waals surface area contributed by atoms with E-state index in [9.17, 15) is 0 Å². The second-order valence-corrected chi connectivity index (χ2v) is 13.7. The number of aromatic nitrogens is 4. The van der Waals surface area contributed by atoms with Crippen molar-refractivity contribution in [3.05, 3.63) is 169 Å². The van der Waals surface area contributed by atoms with Crippen molar-refractivity contribution in [2.75, 3.05) is 4.90 Å². The van der Waals surface area contributed by atoms with Gasteiger partial charge in [-0.3, -0.25) is 4.98 Å². The van der Waals surface area contributed by atoms with Gasteiger partial charge in [-0.05, 0) is 64.7 Å². The summed E-state index contributed by atoms with van der Waals surface area (Å²) in [7, 11) is 0. The van der Waals surface area contributed by atoms with E-state index in [4.69, 9.17) is 24.7 Å². The van der Waals surface area contributed by atoms with Crippen molar-refractivity contribution in [2.45, 2.75) is 12.8 Å². The summed E-state index contributed by atoms with van der Waals surface area (Å²) in [5.74, 6) is 3.18. The van der Waals surface area contributed by atoms with Crippen molar-refractivity contribution < 1.29 is 4.74 Å². The summed E-state index contributed by atoms with van der Waals surface area (Å²) in [4.78, 5) is 23.2. The number of para-hydroxylation sites is 4. The fourth-order valence-electron chi connectivity index (χ4n) is 8.06. The first-order chi connectivity index (χ1) is 26.8. The fraction of sp³-hybridized carbons (Fsp3) is 0.0417. The molecule has 0 amide bonds. The number of nitrogens with zero attached hydrogens (tertiary/aromatic N) is 5. The number of fused-ring (bicyclic) bond motifs is 6. The van der Waals surface area contributed by atoms with Gasteiger partial charge in [0.05, 0.1) is 33.8 Å². The van der Waals surface area contributed by atoms with Crippen LogP contribution in [0.2, 0.25) is 0 Å². The van der Waals surface area contributed by atoms with Gasteiger partial charge in [-0.1, -0.05) is 133 Å². The van der Waals surface area contributed by atoms with Gasteiger partial charge in [0.2, 0.25) is 0 Å². The maximum absolute atomic E-state index is 6.93. The number of benzene rings is 7. The summed E-state index contributed by atoms with van der Waals surface area (Å²) in [6, 6.07) is 52.2. The predicted octanol–water partition coefficient (Wildman–Crippen LogP) is 12.3. The van der Waals surface area contributed by atoms with Gasteiger partial charge >= 0.3 is 0 Å². The van der Waals surface area contributed by atoms with Crippen molar-refractivity contribution in [1.82, 2.24) is 19.9 Å². The third kappa shape index (κ3) is 4.81. The zero-order valence-corrected chi connectivity index (χ0v) is 29.1. The first kappa shape index (κ1) is 30.4. The summed E-state index contributed by atoms with van der Waals surface area (Å²) in [6.45, 7) is 0. The summed E-state index contributed by atoms with van der Waals surface area (Å²) in [5, 5.41) is 5.48. The topological polar surface area (TPSA) is 64.0 Å². The second kappa shape index (κ2) is 12.2. The van der Waals surface area contributed by atoms with Crippen LogP contribution in [0.15, 0.2) is 158 Å². The van der Waals surface area contributed by atoms with Crippen molar-refractivity contribution in [1.29, 1.82) is 0 Å². The van der Waals surface area contributed by atoms with Gasteiger partial charge in [0.25, 0.3) is 0 Å². The molecule has 0 bridgehead atoms. The Hall–Kier alpha value is -7.18. The highest BCUT2D eigenvalue weighted by Crippen LogP contribution is 2.55. The zero-order valence-electron chi connectivity index (χ0n) is 29.1. The van der Waals surface area contributed by atoms with E-state index >= 15 is 0 Å². The van der Waals surface area contributed by atoms with E-state index in [-0.39, 0.29) is 0 Å². The number of aryl methyl sites for hydroxylation is 1. The number of pyridine rings is 1. The van der Waals surface area contributed by atoms with Crippen LogP contribution in [0.5, 0.6) is 11.5 Å². The van der Waals surface area contributed by atoms with Gasteiger partial charge in [-0.15, -0.1) is 0 Å². The van der Waals surface area contributed by atoms with E-state index in [0.29, 0.717) is 23.2 Å². The van der Waals surface area contributed by atoms with Crippen LogP contribution in [0.25, 0.3) is 72.7 Å². The zero-order chi connectivity index (χ0) is 35.6. The second-order valence-electron chi connectivity index (χ2n) is 13.7. The maximum atomic E-state index is 6.93. The smallest absolute Gasteiger partial charge is 0.167 e. The Balaban J connectivity index is 1.19. The number of hydrogen-bond acceptors (Lipinski definition) is 6. The van der Waals surface area contributed by atoms with E-state index in [1.54, 1.807) is 0 Å². The molecule has 7 aromatic carbocycles. The van der Waals surface area contributed by atoms with Crippen molar-refractivity contribution in [2.24, 2.45) is 0 Å². The minimum Gasteiger partial charge on any atom is -0.452 e. The molecule has 11 rings (SSSR count). The fourth-order valence-corrected chi connectivity index (χ4v) is 8.06. The molecule has 6 heteroatoms. The largest absolute Gasteiger partial charge is 0.452 e. The highest BCUT2D eigenvalue weighted by Gasteiger charge is 2.32. The molecule has 0 saturated carbocycles. The first-order valence-corrected chi connectivity index (χ1v) is 18.3. The standard InChI is InChI=1S/C48H31N5O/c1-3-18-32-30(14-1)16-11-22-34(32)46-50-47(35-23-12-17-31-15-2-4-19-33(31)35)52-48(51-46)38-24-13-28-42-45(38)54-43-29-10-9-27-41(43)53(42)44-36-20-5-7-25-39(36)49-40-26-8-6-21-37(40)44/h1-7,9-25,27-29H,8,26H2. The Morgan fingerprint density at radius 3 is 1.78 bits per heavy atom. The molecule has 3 heterocycles. The lowest BCUT2D eigenvalue weighted by Gasteiger charge is -2.36. The molecule has 54 heavy (non-hydrogen) atoms. The van der Waals surface area contributed by atoms with Crippen molar-refractivity contribution >= 4 is 55.6 Å². The van der Waals surface area contributed by atoms with Crippen LogP contribution in [0, 0.1) is 0 Å². The predicted molar refractivity (Wildman–Crippen MR) is 219 cm³/mol. The average molecular weight is 694 g/mol. The van der Waals surface area contributed by atoms with Crippen LogP contribution in [0.1, 0.15) is 17.7 Å². The molecule has 0 radical (unpaired) electrons. The lowest BCUT2D eigenvalue weighted by molar-refractivity contribution is 0.478. The average Bonchev–Trinajstić information content (AvgIpc) is 3.24. The quantitative estimate of drug-likeness (QED) is 0.183. The van der Waals surface area contributed by atoms with E-state index in [0.717, 1.165) is 96.0 Å². The number of ether oxygens (including phenoxy) is 1. The third-order valence-corrected chi connectivity index (χ3v) is 10.5. The van der Waals surface area contributed by atoms with Crippen LogP contribution in [-0.4, -0.2) is 19.9 Å². The lowest BCUT2D eigenvalue weighted by Crippen LogP contribution is -2.19. The molecule has 0 spiro atoms. The number of anilines is 3. The molecule has 9 aromatic rings. The lowest BCUT2D eigenvalue weighted by atomic mass is 9.96. The van der Waals surface area contributed by atoms with Gasteiger partial charge in [-0.25, -0.2) is 15.0 Å². The molecule has 1 aliphatic heterocycles. The molecular formula is C48H31N5O. The molecule has 2 aliphatic rings. The van der Waals surface area contributed by atoms with Crippen LogP contribution in [0.3, 0.4) is 0 Å². The molecule has 2 aromatic heterocycles. The number of rotatable bonds is 4. The van der Waals surface area contributed by atoms with Crippen LogP contribution in [0.4, 0.5) is 17.1 Å². The SMILES string of the molecule is C1=Cc2c(nc3ccccc3c2N2c3ccccc3Oc3c(-c4nc(-c5cccc6ccccc56)nc(-c5cccc6ccccc56)n4)cccc32)CC1. The Kier molecular flexibility index (Phi) is 6.89. The van der Waals surface area contributed by atoms with Gasteiger partial charge < -0.3 is 9.64 Å². The van der Waals surface area contributed by atoms with Crippen molar-refractivity contribution in [3.8, 4) is 45.7 Å². The Morgan fingerprint density at radius 2 is 1.04 bits per heavy atom. The van der Waals surface area contributed by atoms with Gasteiger partial charge in [0.15, 0.2) is 29.0 Å². The molecule has 6 nitrogen and oxygen atoms in total. The molecule has 1 aliphatic carbocycles. The Morgan fingerprint density at radius 1 is 0.481 bits per heavy atom.